The number of nitrogens with one attached hydrogen (secondary N) is 1. The third-order valence-corrected chi connectivity index (χ3v) is 4.83. The van der Waals surface area contributed by atoms with Crippen LogP contribution < -0.4 is 15.0 Å². The van der Waals surface area contributed by atoms with Crippen molar-refractivity contribution in [2.75, 3.05) is 25.0 Å². The van der Waals surface area contributed by atoms with E-state index in [1.165, 1.54) is 11.3 Å². The summed E-state index contributed by atoms with van der Waals surface area (Å²) in [4.78, 5) is 14.7. The molecule has 0 aliphatic heterocycles. The quantitative estimate of drug-likeness (QED) is 0.634. The number of para-hydroxylation sites is 1. The van der Waals surface area contributed by atoms with Gasteiger partial charge in [0.1, 0.15) is 5.75 Å². The molecule has 0 heterocycles. The van der Waals surface area contributed by atoms with Crippen LogP contribution in [0.25, 0.3) is 0 Å². The molecular weight excluding hydrogens is 348 g/mol. The van der Waals surface area contributed by atoms with Crippen LogP contribution in [0.3, 0.4) is 0 Å². The van der Waals surface area contributed by atoms with Gasteiger partial charge in [-0.25, -0.2) is 0 Å². The molecular formula is C24H34N2O2. The molecule has 2 aromatic rings. The van der Waals surface area contributed by atoms with Crippen molar-refractivity contribution in [3.8, 4) is 5.75 Å². The number of hydrogen-bond acceptors (Lipinski definition) is 3. The second-order valence-electron chi connectivity index (χ2n) is 8.19. The summed E-state index contributed by atoms with van der Waals surface area (Å²) in [6, 6.07) is 18.3. The van der Waals surface area contributed by atoms with E-state index in [0.717, 1.165) is 18.7 Å². The Morgan fingerprint density at radius 2 is 1.71 bits per heavy atom. The molecule has 1 unspecified atom stereocenters. The first-order chi connectivity index (χ1) is 13.3. The van der Waals surface area contributed by atoms with E-state index in [0.29, 0.717) is 13.0 Å². The predicted octanol–water partition coefficient (Wildman–Crippen LogP) is 4.78. The SMILES string of the molecule is CCC(Oc1ccc(C(C)(C)C)cc1)C(=O)NCCCN(C)c1ccccc1. The lowest BCUT2D eigenvalue weighted by Gasteiger charge is -2.21. The summed E-state index contributed by atoms with van der Waals surface area (Å²) in [5, 5.41) is 3.01. The molecule has 0 saturated heterocycles. The number of anilines is 1. The molecule has 0 aliphatic rings. The van der Waals surface area contributed by atoms with Crippen LogP contribution in [-0.2, 0) is 10.2 Å². The summed E-state index contributed by atoms with van der Waals surface area (Å²) in [6.45, 7) is 10.0. The van der Waals surface area contributed by atoms with E-state index < -0.39 is 6.10 Å². The maximum atomic E-state index is 12.5. The van der Waals surface area contributed by atoms with E-state index in [9.17, 15) is 4.79 Å². The normalized spacial score (nSPS) is 12.3. The molecule has 0 aromatic heterocycles. The summed E-state index contributed by atoms with van der Waals surface area (Å²) >= 11 is 0. The largest absolute Gasteiger partial charge is 0.481 e. The number of hydrogen-bond donors (Lipinski definition) is 1. The summed E-state index contributed by atoms with van der Waals surface area (Å²) < 4.78 is 5.92. The third kappa shape index (κ3) is 6.59. The van der Waals surface area contributed by atoms with E-state index in [1.54, 1.807) is 0 Å². The molecule has 28 heavy (non-hydrogen) atoms. The minimum Gasteiger partial charge on any atom is -0.481 e. The van der Waals surface area contributed by atoms with E-state index in [2.05, 4.69) is 62.3 Å². The Bertz CT molecular complexity index is 721. The standard InChI is InChI=1S/C24H34N2O2/c1-6-22(28-21-15-13-19(14-16-21)24(2,3)4)23(27)25-17-10-18-26(5)20-11-8-7-9-12-20/h7-9,11-16,22H,6,10,17-18H2,1-5H3,(H,25,27). The molecule has 1 atom stereocenters. The minimum absolute atomic E-state index is 0.0511. The van der Waals surface area contributed by atoms with E-state index in [-0.39, 0.29) is 11.3 Å². The van der Waals surface area contributed by atoms with Crippen LogP contribution in [0, 0.1) is 0 Å². The highest BCUT2D eigenvalue weighted by atomic mass is 16.5. The van der Waals surface area contributed by atoms with Crippen LogP contribution in [0.4, 0.5) is 5.69 Å². The van der Waals surface area contributed by atoms with Crippen molar-refractivity contribution in [2.45, 2.75) is 52.1 Å². The third-order valence-electron chi connectivity index (χ3n) is 4.83. The topological polar surface area (TPSA) is 41.6 Å². The van der Waals surface area contributed by atoms with Gasteiger partial charge in [-0.05, 0) is 48.1 Å². The molecule has 0 spiro atoms. The lowest BCUT2D eigenvalue weighted by atomic mass is 9.87. The van der Waals surface area contributed by atoms with Crippen LogP contribution >= 0.6 is 0 Å². The second-order valence-corrected chi connectivity index (χ2v) is 8.19. The average molecular weight is 383 g/mol. The molecule has 4 nitrogen and oxygen atoms in total. The highest BCUT2D eigenvalue weighted by Gasteiger charge is 2.19. The van der Waals surface area contributed by atoms with Gasteiger partial charge in [-0.1, -0.05) is 58.0 Å². The van der Waals surface area contributed by atoms with Gasteiger partial charge in [-0.3, -0.25) is 4.79 Å². The maximum Gasteiger partial charge on any atom is 0.261 e. The summed E-state index contributed by atoms with van der Waals surface area (Å²) in [5.41, 5.74) is 2.54. The van der Waals surface area contributed by atoms with Gasteiger partial charge in [0, 0.05) is 25.8 Å². The smallest absolute Gasteiger partial charge is 0.261 e. The summed E-state index contributed by atoms with van der Waals surface area (Å²) in [7, 11) is 2.07. The van der Waals surface area contributed by atoms with Crippen molar-refractivity contribution in [1.82, 2.24) is 5.32 Å². The van der Waals surface area contributed by atoms with Gasteiger partial charge in [0.05, 0.1) is 0 Å². The molecule has 152 valence electrons. The van der Waals surface area contributed by atoms with Crippen molar-refractivity contribution >= 4 is 11.6 Å². The van der Waals surface area contributed by atoms with Gasteiger partial charge in [0.15, 0.2) is 6.10 Å². The van der Waals surface area contributed by atoms with E-state index >= 15 is 0 Å². The van der Waals surface area contributed by atoms with Crippen molar-refractivity contribution in [2.24, 2.45) is 0 Å². The van der Waals surface area contributed by atoms with Gasteiger partial charge < -0.3 is 15.0 Å². The number of nitrogens with zero attached hydrogens (tertiary/aromatic N) is 1. The molecule has 0 saturated carbocycles. The highest BCUT2D eigenvalue weighted by Crippen LogP contribution is 2.24. The van der Waals surface area contributed by atoms with Crippen LogP contribution in [0.1, 0.15) is 46.1 Å². The predicted molar refractivity (Wildman–Crippen MR) is 117 cm³/mol. The van der Waals surface area contributed by atoms with Crippen molar-refractivity contribution in [3.05, 3.63) is 60.2 Å². The Labute approximate surface area is 169 Å². The fourth-order valence-electron chi connectivity index (χ4n) is 2.97. The van der Waals surface area contributed by atoms with Crippen LogP contribution in [0.15, 0.2) is 54.6 Å². The molecule has 4 heteroatoms. The van der Waals surface area contributed by atoms with Crippen LogP contribution in [0.5, 0.6) is 5.75 Å². The lowest BCUT2D eigenvalue weighted by Crippen LogP contribution is -2.39. The Kier molecular flexibility index (Phi) is 7.91. The molecule has 1 amide bonds. The zero-order valence-corrected chi connectivity index (χ0v) is 17.9. The second kappa shape index (κ2) is 10.2. The average Bonchev–Trinajstić information content (AvgIpc) is 2.69. The fraction of sp³-hybridized carbons (Fsp3) is 0.458. The lowest BCUT2D eigenvalue weighted by molar-refractivity contribution is -0.128. The zero-order valence-electron chi connectivity index (χ0n) is 17.9. The van der Waals surface area contributed by atoms with Crippen LogP contribution in [-0.4, -0.2) is 32.1 Å². The number of carbonyl (C=O) groups excluding carboxylic acids is 1. The van der Waals surface area contributed by atoms with E-state index in [4.69, 9.17) is 4.74 Å². The number of benzene rings is 2. The molecule has 2 aromatic carbocycles. The Morgan fingerprint density at radius 3 is 2.29 bits per heavy atom. The van der Waals surface area contributed by atoms with Crippen molar-refractivity contribution in [3.63, 3.8) is 0 Å². The summed E-state index contributed by atoms with van der Waals surface area (Å²) in [5.74, 6) is 0.684. The minimum atomic E-state index is -0.465. The first kappa shape index (κ1) is 21.8. The molecule has 0 aliphatic carbocycles. The first-order valence-electron chi connectivity index (χ1n) is 10.1. The number of rotatable bonds is 9. The Hall–Kier alpha value is -2.49. The summed E-state index contributed by atoms with van der Waals surface area (Å²) in [6.07, 6.45) is 1.05. The Morgan fingerprint density at radius 1 is 1.07 bits per heavy atom. The van der Waals surface area contributed by atoms with Gasteiger partial charge >= 0.3 is 0 Å². The first-order valence-corrected chi connectivity index (χ1v) is 10.1. The van der Waals surface area contributed by atoms with Gasteiger partial charge in [0.2, 0.25) is 0 Å². The molecule has 0 radical (unpaired) electrons. The van der Waals surface area contributed by atoms with E-state index in [1.807, 2.05) is 37.3 Å². The molecule has 0 bridgehead atoms. The molecule has 2 rings (SSSR count). The Balaban J connectivity index is 1.78. The van der Waals surface area contributed by atoms with Crippen molar-refractivity contribution in [1.29, 1.82) is 0 Å². The number of carbonyl (C=O) groups is 1. The van der Waals surface area contributed by atoms with Gasteiger partial charge in [-0.15, -0.1) is 0 Å². The van der Waals surface area contributed by atoms with Crippen LogP contribution in [0.2, 0.25) is 0 Å². The molecule has 1 N–H and O–H groups in total. The molecule has 0 fully saturated rings. The zero-order chi connectivity index (χ0) is 20.6. The van der Waals surface area contributed by atoms with Gasteiger partial charge in [0.25, 0.3) is 5.91 Å². The number of ether oxygens (including phenoxy) is 1. The maximum absolute atomic E-state index is 12.5. The van der Waals surface area contributed by atoms with Gasteiger partial charge in [-0.2, -0.15) is 0 Å². The highest BCUT2D eigenvalue weighted by molar-refractivity contribution is 5.81. The van der Waals surface area contributed by atoms with Crippen molar-refractivity contribution < 1.29 is 9.53 Å². The monoisotopic (exact) mass is 382 g/mol. The number of amides is 1. The fourth-order valence-corrected chi connectivity index (χ4v) is 2.97.